The molecule has 160 valence electrons. The van der Waals surface area contributed by atoms with Gasteiger partial charge in [-0.25, -0.2) is 9.37 Å². The molecule has 2 atom stereocenters. The Bertz CT molecular complexity index is 937. The summed E-state index contributed by atoms with van der Waals surface area (Å²) in [6, 6.07) is 7.15. The van der Waals surface area contributed by atoms with Gasteiger partial charge in [-0.05, 0) is 56.7 Å². The minimum atomic E-state index is -0.404. The Morgan fingerprint density at radius 1 is 1.30 bits per heavy atom. The van der Waals surface area contributed by atoms with Gasteiger partial charge in [0.05, 0.1) is 17.4 Å². The molecule has 3 fully saturated rings. The molecule has 5 nitrogen and oxygen atoms in total. The summed E-state index contributed by atoms with van der Waals surface area (Å²) >= 11 is 0. The standard InChI is InChI=1S/C24H31FN4O/c1-17(2)29-14-22(26-16-29)21-13-27(11-19-4-3-5-20(25)10-19)15-24(21)8-9-28(23(24)30)12-18-6-7-18/h3-5,10,14,16-18,21H,6-9,11-13,15H2,1-2H3/t21-,24-/m0/s1. The van der Waals surface area contributed by atoms with E-state index in [0.29, 0.717) is 24.4 Å². The van der Waals surface area contributed by atoms with Crippen molar-refractivity contribution < 1.29 is 9.18 Å². The number of carbonyl (C=O) groups excluding carboxylic acids is 1. The number of amides is 1. The fourth-order valence-electron chi connectivity index (χ4n) is 5.33. The zero-order chi connectivity index (χ0) is 20.9. The van der Waals surface area contributed by atoms with Crippen LogP contribution in [0.1, 0.15) is 56.3 Å². The molecule has 1 aromatic carbocycles. The molecule has 1 aromatic heterocycles. The largest absolute Gasteiger partial charge is 0.342 e. The van der Waals surface area contributed by atoms with Crippen LogP contribution in [-0.2, 0) is 11.3 Å². The van der Waals surface area contributed by atoms with Crippen LogP contribution in [0.2, 0.25) is 0 Å². The van der Waals surface area contributed by atoms with Crippen LogP contribution in [0, 0.1) is 17.2 Å². The number of nitrogens with zero attached hydrogens (tertiary/aromatic N) is 4. The molecule has 30 heavy (non-hydrogen) atoms. The molecular weight excluding hydrogens is 379 g/mol. The molecule has 2 saturated heterocycles. The average molecular weight is 411 g/mol. The third-order valence-corrected chi connectivity index (χ3v) is 7.20. The van der Waals surface area contributed by atoms with Gasteiger partial charge in [0, 0.05) is 50.9 Å². The topological polar surface area (TPSA) is 41.4 Å². The maximum absolute atomic E-state index is 13.7. The Hall–Kier alpha value is -2.21. The summed E-state index contributed by atoms with van der Waals surface area (Å²) in [7, 11) is 0. The van der Waals surface area contributed by atoms with Crippen molar-refractivity contribution in [2.24, 2.45) is 11.3 Å². The minimum Gasteiger partial charge on any atom is -0.342 e. The predicted molar refractivity (Wildman–Crippen MR) is 113 cm³/mol. The third kappa shape index (κ3) is 3.55. The molecule has 2 aliphatic heterocycles. The highest BCUT2D eigenvalue weighted by Gasteiger charge is 2.58. The number of likely N-dealkylation sites (tertiary alicyclic amines) is 2. The van der Waals surface area contributed by atoms with E-state index in [1.54, 1.807) is 12.1 Å². The Labute approximate surface area is 177 Å². The SMILES string of the molecule is CC(C)n1cnc([C@@H]2CN(Cc3cccc(F)c3)C[C@@]23CCN(CC2CC2)C3=O)c1. The van der Waals surface area contributed by atoms with Crippen molar-refractivity contribution in [1.29, 1.82) is 0 Å². The highest BCUT2D eigenvalue weighted by molar-refractivity contribution is 5.87. The molecule has 0 unspecified atom stereocenters. The summed E-state index contributed by atoms with van der Waals surface area (Å²) in [5.74, 6) is 0.886. The zero-order valence-corrected chi connectivity index (χ0v) is 17.9. The molecule has 0 bridgehead atoms. The molecule has 0 radical (unpaired) electrons. The van der Waals surface area contributed by atoms with Crippen LogP contribution in [-0.4, -0.2) is 51.4 Å². The Morgan fingerprint density at radius 2 is 2.13 bits per heavy atom. The van der Waals surface area contributed by atoms with Crippen LogP contribution in [0.25, 0.3) is 0 Å². The number of benzene rings is 1. The van der Waals surface area contributed by atoms with E-state index in [0.717, 1.165) is 43.9 Å². The van der Waals surface area contributed by atoms with E-state index in [4.69, 9.17) is 4.98 Å². The minimum absolute atomic E-state index is 0.0859. The molecule has 3 heterocycles. The summed E-state index contributed by atoms with van der Waals surface area (Å²) in [6.07, 6.45) is 7.41. The van der Waals surface area contributed by atoms with Gasteiger partial charge in [0.1, 0.15) is 5.82 Å². The van der Waals surface area contributed by atoms with Crippen molar-refractivity contribution >= 4 is 5.91 Å². The van der Waals surface area contributed by atoms with Gasteiger partial charge in [-0.1, -0.05) is 12.1 Å². The lowest BCUT2D eigenvalue weighted by Crippen LogP contribution is -2.40. The van der Waals surface area contributed by atoms with Crippen molar-refractivity contribution in [2.45, 2.75) is 51.6 Å². The van der Waals surface area contributed by atoms with Gasteiger partial charge in [-0.2, -0.15) is 0 Å². The Morgan fingerprint density at radius 3 is 2.83 bits per heavy atom. The van der Waals surface area contributed by atoms with Crippen LogP contribution in [0.5, 0.6) is 0 Å². The molecule has 6 heteroatoms. The summed E-state index contributed by atoms with van der Waals surface area (Å²) in [5, 5.41) is 0. The molecule has 3 aliphatic rings. The average Bonchev–Trinajstić information content (AvgIpc) is 3.13. The first-order chi connectivity index (χ1) is 14.4. The van der Waals surface area contributed by atoms with Crippen LogP contribution in [0.4, 0.5) is 4.39 Å². The maximum Gasteiger partial charge on any atom is 0.230 e. The lowest BCUT2D eigenvalue weighted by molar-refractivity contribution is -0.136. The van der Waals surface area contributed by atoms with Crippen molar-refractivity contribution in [3.8, 4) is 0 Å². The van der Waals surface area contributed by atoms with E-state index in [9.17, 15) is 9.18 Å². The molecule has 0 N–H and O–H groups in total. The number of imidazole rings is 1. The second-order valence-corrected chi connectivity index (χ2v) is 9.79. The van der Waals surface area contributed by atoms with E-state index in [1.807, 2.05) is 12.4 Å². The Kier molecular flexibility index (Phi) is 4.92. The van der Waals surface area contributed by atoms with E-state index in [2.05, 4.69) is 34.4 Å². The fourth-order valence-corrected chi connectivity index (χ4v) is 5.33. The smallest absolute Gasteiger partial charge is 0.230 e. The molecular formula is C24H31FN4O. The van der Waals surface area contributed by atoms with Gasteiger partial charge < -0.3 is 9.47 Å². The summed E-state index contributed by atoms with van der Waals surface area (Å²) in [4.78, 5) is 22.8. The highest BCUT2D eigenvalue weighted by atomic mass is 19.1. The van der Waals surface area contributed by atoms with Crippen LogP contribution >= 0.6 is 0 Å². The summed E-state index contributed by atoms with van der Waals surface area (Å²) < 4.78 is 15.8. The van der Waals surface area contributed by atoms with Gasteiger partial charge in [0.2, 0.25) is 5.91 Å². The van der Waals surface area contributed by atoms with E-state index in [1.165, 1.54) is 18.9 Å². The van der Waals surface area contributed by atoms with Gasteiger partial charge in [0.15, 0.2) is 0 Å². The van der Waals surface area contributed by atoms with Gasteiger partial charge >= 0.3 is 0 Å². The lowest BCUT2D eigenvalue weighted by atomic mass is 9.75. The summed E-state index contributed by atoms with van der Waals surface area (Å²) in [5.41, 5.74) is 1.57. The van der Waals surface area contributed by atoms with Gasteiger partial charge in [-0.15, -0.1) is 0 Å². The number of hydrogen-bond acceptors (Lipinski definition) is 3. The number of rotatable bonds is 6. The zero-order valence-electron chi connectivity index (χ0n) is 17.9. The van der Waals surface area contributed by atoms with E-state index in [-0.39, 0.29) is 11.7 Å². The number of aromatic nitrogens is 2. The van der Waals surface area contributed by atoms with Crippen LogP contribution in [0.3, 0.4) is 0 Å². The van der Waals surface area contributed by atoms with Crippen molar-refractivity contribution in [1.82, 2.24) is 19.4 Å². The molecule has 1 spiro atoms. The second-order valence-electron chi connectivity index (χ2n) is 9.79. The lowest BCUT2D eigenvalue weighted by Gasteiger charge is -2.28. The van der Waals surface area contributed by atoms with Crippen molar-refractivity contribution in [3.63, 3.8) is 0 Å². The quantitative estimate of drug-likeness (QED) is 0.727. The van der Waals surface area contributed by atoms with Crippen LogP contribution < -0.4 is 0 Å². The van der Waals surface area contributed by atoms with Crippen LogP contribution in [0.15, 0.2) is 36.8 Å². The first-order valence-corrected chi connectivity index (χ1v) is 11.2. The van der Waals surface area contributed by atoms with Crippen molar-refractivity contribution in [3.05, 3.63) is 53.9 Å². The maximum atomic E-state index is 13.7. The summed E-state index contributed by atoms with van der Waals surface area (Å²) in [6.45, 7) is 8.23. The molecule has 5 rings (SSSR count). The monoisotopic (exact) mass is 410 g/mol. The molecule has 1 amide bonds. The van der Waals surface area contributed by atoms with Gasteiger partial charge in [0.25, 0.3) is 0 Å². The van der Waals surface area contributed by atoms with Gasteiger partial charge in [-0.3, -0.25) is 9.69 Å². The predicted octanol–water partition coefficient (Wildman–Crippen LogP) is 3.83. The first kappa shape index (κ1) is 19.7. The molecule has 1 aliphatic carbocycles. The first-order valence-electron chi connectivity index (χ1n) is 11.2. The number of carbonyl (C=O) groups is 1. The highest BCUT2D eigenvalue weighted by Crippen LogP contribution is 2.50. The number of halogens is 1. The fraction of sp³-hybridized carbons (Fsp3) is 0.583. The van der Waals surface area contributed by atoms with Crippen molar-refractivity contribution in [2.75, 3.05) is 26.2 Å². The molecule has 1 saturated carbocycles. The van der Waals surface area contributed by atoms with E-state index >= 15 is 0 Å². The third-order valence-electron chi connectivity index (χ3n) is 7.20. The normalized spacial score (nSPS) is 27.1. The Balaban J connectivity index is 1.43. The molecule has 2 aromatic rings. The number of hydrogen-bond donors (Lipinski definition) is 0. The second kappa shape index (κ2) is 7.49. The van der Waals surface area contributed by atoms with E-state index < -0.39 is 5.41 Å².